The van der Waals surface area contributed by atoms with Gasteiger partial charge < -0.3 is 0 Å². The Balaban J connectivity index is 2.12. The van der Waals surface area contributed by atoms with E-state index in [9.17, 15) is 4.39 Å². The Morgan fingerprint density at radius 2 is 1.76 bits per heavy atom. The van der Waals surface area contributed by atoms with Crippen molar-refractivity contribution in [2.24, 2.45) is 0 Å². The highest BCUT2D eigenvalue weighted by atomic mass is 35.5. The van der Waals surface area contributed by atoms with Crippen LogP contribution in [0.2, 0.25) is 5.02 Å². The van der Waals surface area contributed by atoms with Crippen molar-refractivity contribution >= 4 is 17.2 Å². The number of hydrogen-bond acceptors (Lipinski definition) is 0. The van der Waals surface area contributed by atoms with E-state index in [4.69, 9.17) is 11.6 Å². The third kappa shape index (κ3) is 1.77. The maximum atomic E-state index is 13.8. The van der Waals surface area contributed by atoms with E-state index >= 15 is 0 Å². The Morgan fingerprint density at radius 1 is 1.00 bits per heavy atom. The molecule has 0 unspecified atom stereocenters. The lowest BCUT2D eigenvalue weighted by atomic mass is 9.99. The molecule has 2 aromatic rings. The molecule has 0 aromatic heterocycles. The topological polar surface area (TPSA) is 0 Å². The van der Waals surface area contributed by atoms with Crippen LogP contribution in [0.15, 0.2) is 48.5 Å². The first kappa shape index (κ1) is 10.5. The fourth-order valence-electron chi connectivity index (χ4n) is 2.25. The lowest BCUT2D eigenvalue weighted by molar-refractivity contribution is 0.623. The zero-order chi connectivity index (χ0) is 11.8. The van der Waals surface area contributed by atoms with Crippen LogP contribution in [0, 0.1) is 5.82 Å². The third-order valence-corrected chi connectivity index (χ3v) is 3.30. The van der Waals surface area contributed by atoms with Gasteiger partial charge in [-0.1, -0.05) is 41.9 Å². The van der Waals surface area contributed by atoms with Crippen LogP contribution in [0.5, 0.6) is 0 Å². The van der Waals surface area contributed by atoms with Crippen molar-refractivity contribution in [2.75, 3.05) is 0 Å². The predicted molar refractivity (Wildman–Crippen MR) is 68.6 cm³/mol. The first-order valence-corrected chi connectivity index (χ1v) is 5.87. The van der Waals surface area contributed by atoms with Gasteiger partial charge in [-0.15, -0.1) is 0 Å². The average Bonchev–Trinajstić information content (AvgIpc) is 2.75. The molecule has 3 rings (SSSR count). The predicted octanol–water partition coefficient (Wildman–Crippen LogP) is 4.47. The van der Waals surface area contributed by atoms with E-state index < -0.39 is 0 Å². The second-order valence-electron chi connectivity index (χ2n) is 4.10. The molecule has 0 heterocycles. The molecule has 2 aromatic carbocycles. The summed E-state index contributed by atoms with van der Waals surface area (Å²) >= 11 is 5.86. The number of fused-ring (bicyclic) bond motifs is 1. The van der Waals surface area contributed by atoms with Gasteiger partial charge in [-0.3, -0.25) is 0 Å². The Hall–Kier alpha value is -1.60. The van der Waals surface area contributed by atoms with Crippen molar-refractivity contribution in [3.8, 4) is 0 Å². The lowest BCUT2D eigenvalue weighted by Gasteiger charge is -2.07. The molecule has 1 aliphatic rings. The minimum Gasteiger partial charge on any atom is -0.206 e. The summed E-state index contributed by atoms with van der Waals surface area (Å²) in [5.74, 6) is -0.152. The monoisotopic (exact) mass is 244 g/mol. The maximum Gasteiger partial charge on any atom is 0.131 e. The van der Waals surface area contributed by atoms with Gasteiger partial charge in [-0.2, -0.15) is 0 Å². The van der Waals surface area contributed by atoms with Crippen LogP contribution in [-0.4, -0.2) is 0 Å². The molecule has 0 nitrogen and oxygen atoms in total. The van der Waals surface area contributed by atoms with Crippen molar-refractivity contribution in [1.82, 2.24) is 0 Å². The fraction of sp³-hybridized carbons (Fsp3) is 0.0667. The highest BCUT2D eigenvalue weighted by Crippen LogP contribution is 2.34. The smallest absolute Gasteiger partial charge is 0.131 e. The summed E-state index contributed by atoms with van der Waals surface area (Å²) < 4.78 is 13.8. The van der Waals surface area contributed by atoms with E-state index in [2.05, 4.69) is 6.08 Å². The molecule has 0 spiro atoms. The van der Waals surface area contributed by atoms with E-state index in [1.807, 2.05) is 30.3 Å². The Kier molecular flexibility index (Phi) is 2.49. The molecule has 0 amide bonds. The van der Waals surface area contributed by atoms with Crippen LogP contribution < -0.4 is 0 Å². The van der Waals surface area contributed by atoms with Gasteiger partial charge in [0.2, 0.25) is 0 Å². The molecule has 17 heavy (non-hydrogen) atoms. The molecule has 0 radical (unpaired) electrons. The van der Waals surface area contributed by atoms with E-state index in [1.54, 1.807) is 6.07 Å². The highest BCUT2D eigenvalue weighted by Gasteiger charge is 2.18. The zero-order valence-electron chi connectivity index (χ0n) is 9.08. The van der Waals surface area contributed by atoms with Crippen molar-refractivity contribution in [3.63, 3.8) is 0 Å². The Labute approximate surface area is 104 Å². The van der Waals surface area contributed by atoms with E-state index in [1.165, 1.54) is 6.07 Å². The summed E-state index contributed by atoms with van der Waals surface area (Å²) in [6, 6.07) is 12.7. The van der Waals surface area contributed by atoms with Gasteiger partial charge in [0.25, 0.3) is 0 Å². The summed E-state index contributed by atoms with van der Waals surface area (Å²) in [5.41, 5.74) is 3.76. The number of benzene rings is 2. The van der Waals surface area contributed by atoms with Gasteiger partial charge in [0, 0.05) is 10.6 Å². The molecular formula is C15H10ClF. The highest BCUT2D eigenvalue weighted by molar-refractivity contribution is 6.30. The fourth-order valence-corrected chi connectivity index (χ4v) is 2.37. The number of hydrogen-bond donors (Lipinski definition) is 0. The molecular weight excluding hydrogens is 235 g/mol. The van der Waals surface area contributed by atoms with Gasteiger partial charge in [0.05, 0.1) is 0 Å². The largest absolute Gasteiger partial charge is 0.206 e. The van der Waals surface area contributed by atoms with Crippen molar-refractivity contribution in [1.29, 1.82) is 0 Å². The Bertz CT molecular complexity index is 597. The third-order valence-electron chi connectivity index (χ3n) is 3.05. The molecule has 2 heteroatoms. The minimum atomic E-state index is -0.152. The van der Waals surface area contributed by atoms with E-state index in [0.717, 1.165) is 28.7 Å². The molecule has 0 saturated heterocycles. The van der Waals surface area contributed by atoms with Gasteiger partial charge in [-0.05, 0) is 41.3 Å². The zero-order valence-corrected chi connectivity index (χ0v) is 9.84. The maximum absolute atomic E-state index is 13.8. The van der Waals surface area contributed by atoms with Crippen LogP contribution in [0.3, 0.4) is 0 Å². The van der Waals surface area contributed by atoms with Crippen molar-refractivity contribution in [2.45, 2.75) is 6.42 Å². The quantitative estimate of drug-likeness (QED) is 0.695. The van der Waals surface area contributed by atoms with Gasteiger partial charge in [-0.25, -0.2) is 4.39 Å². The van der Waals surface area contributed by atoms with Gasteiger partial charge in [0.1, 0.15) is 5.82 Å². The van der Waals surface area contributed by atoms with Crippen LogP contribution in [-0.2, 0) is 6.42 Å². The molecule has 0 saturated carbocycles. The Morgan fingerprint density at radius 3 is 2.53 bits per heavy atom. The van der Waals surface area contributed by atoms with Crippen molar-refractivity contribution in [3.05, 3.63) is 76.1 Å². The molecule has 0 atom stereocenters. The van der Waals surface area contributed by atoms with Crippen molar-refractivity contribution < 1.29 is 4.39 Å². The van der Waals surface area contributed by atoms with Gasteiger partial charge in [0.15, 0.2) is 0 Å². The second-order valence-corrected chi connectivity index (χ2v) is 4.54. The van der Waals surface area contributed by atoms with E-state index in [-0.39, 0.29) is 5.82 Å². The molecule has 0 aliphatic heterocycles. The number of halogens is 2. The van der Waals surface area contributed by atoms with E-state index in [0.29, 0.717) is 5.02 Å². The standard InChI is InChI=1S/C15H10ClF/c16-12-7-4-10(5-8-12)13-9-6-11-2-1-3-14(17)15(11)13/h1-5,7-9H,6H2. The normalized spacial score (nSPS) is 13.4. The SMILES string of the molecule is Fc1cccc2c1C(c1ccc(Cl)cc1)=CC2. The first-order chi connectivity index (χ1) is 8.25. The van der Waals surface area contributed by atoms with Crippen LogP contribution in [0.4, 0.5) is 4.39 Å². The number of rotatable bonds is 1. The van der Waals surface area contributed by atoms with Crippen LogP contribution >= 0.6 is 11.6 Å². The average molecular weight is 245 g/mol. The summed E-state index contributed by atoms with van der Waals surface area (Å²) in [5, 5.41) is 0.695. The summed E-state index contributed by atoms with van der Waals surface area (Å²) in [6.07, 6.45) is 2.86. The molecule has 0 bridgehead atoms. The van der Waals surface area contributed by atoms with Crippen LogP contribution in [0.25, 0.3) is 5.57 Å². The van der Waals surface area contributed by atoms with Crippen LogP contribution in [0.1, 0.15) is 16.7 Å². The summed E-state index contributed by atoms with van der Waals surface area (Å²) in [6.45, 7) is 0. The second kappa shape index (κ2) is 4.01. The molecule has 0 fully saturated rings. The van der Waals surface area contributed by atoms with Gasteiger partial charge >= 0.3 is 0 Å². The number of allylic oxidation sites excluding steroid dienone is 1. The minimum absolute atomic E-state index is 0.152. The first-order valence-electron chi connectivity index (χ1n) is 5.49. The summed E-state index contributed by atoms with van der Waals surface area (Å²) in [4.78, 5) is 0. The molecule has 0 N–H and O–H groups in total. The lowest BCUT2D eigenvalue weighted by Crippen LogP contribution is -1.91. The summed E-state index contributed by atoms with van der Waals surface area (Å²) in [7, 11) is 0. The molecule has 1 aliphatic carbocycles. The molecule has 84 valence electrons.